The zero-order valence-corrected chi connectivity index (χ0v) is 12.1. The molecular formula is C10H18N2O4S2. The Hall–Kier alpha value is -0.730. The molecule has 2 atom stereocenters. The third-order valence-electron chi connectivity index (χ3n) is 3.13. The van der Waals surface area contributed by atoms with E-state index in [1.165, 1.54) is 18.3 Å². The monoisotopic (exact) mass is 294 g/mol. The van der Waals surface area contributed by atoms with Crippen LogP contribution in [0.4, 0.5) is 0 Å². The van der Waals surface area contributed by atoms with Crippen LogP contribution >= 0.6 is 12.2 Å². The maximum absolute atomic E-state index is 12.2. The second-order valence-corrected chi connectivity index (χ2v) is 7.03. The lowest BCUT2D eigenvalue weighted by Gasteiger charge is -2.32. The first kappa shape index (κ1) is 15.3. The Balaban J connectivity index is 2.85. The number of rotatable bonds is 4. The average molecular weight is 294 g/mol. The molecule has 0 aromatic heterocycles. The fourth-order valence-corrected chi connectivity index (χ4v) is 3.67. The van der Waals surface area contributed by atoms with Crippen LogP contribution < -0.4 is 5.73 Å². The standard InChI is InChI=1S/C10H18N2O4S2/c1-7(10(13)16-2)18(14,15)12-5-3-4-8(6-12)9(11)17/h7-8H,3-6H2,1-2H3,(H2,11,17). The topological polar surface area (TPSA) is 89.7 Å². The van der Waals surface area contributed by atoms with Crippen molar-refractivity contribution in [3.8, 4) is 0 Å². The number of carbonyl (C=O) groups is 1. The summed E-state index contributed by atoms with van der Waals surface area (Å²) in [6.45, 7) is 1.97. The van der Waals surface area contributed by atoms with Crippen LogP contribution in [0, 0.1) is 5.92 Å². The summed E-state index contributed by atoms with van der Waals surface area (Å²) in [7, 11) is -2.53. The lowest BCUT2D eigenvalue weighted by molar-refractivity contribution is -0.139. The molecule has 6 nitrogen and oxygen atoms in total. The van der Waals surface area contributed by atoms with Gasteiger partial charge in [0.05, 0.1) is 12.1 Å². The Kier molecular flexibility index (Phi) is 5.06. The van der Waals surface area contributed by atoms with E-state index in [2.05, 4.69) is 4.74 Å². The first-order valence-corrected chi connectivity index (χ1v) is 7.58. The minimum atomic E-state index is -3.70. The van der Waals surface area contributed by atoms with Crippen molar-refractivity contribution in [1.82, 2.24) is 4.31 Å². The van der Waals surface area contributed by atoms with Gasteiger partial charge in [0.25, 0.3) is 0 Å². The largest absolute Gasteiger partial charge is 0.468 e. The molecule has 0 amide bonds. The highest BCUT2D eigenvalue weighted by molar-refractivity contribution is 7.90. The van der Waals surface area contributed by atoms with Crippen LogP contribution in [0.3, 0.4) is 0 Å². The molecule has 0 spiro atoms. The van der Waals surface area contributed by atoms with Gasteiger partial charge in [0.15, 0.2) is 5.25 Å². The molecule has 1 aliphatic heterocycles. The Morgan fingerprint density at radius 2 is 2.17 bits per heavy atom. The third kappa shape index (κ3) is 3.18. The molecule has 1 heterocycles. The third-order valence-corrected chi connectivity index (χ3v) is 5.60. The molecule has 2 N–H and O–H groups in total. The van der Waals surface area contributed by atoms with Gasteiger partial charge in [-0.3, -0.25) is 4.79 Å². The van der Waals surface area contributed by atoms with Crippen LogP contribution in [-0.4, -0.2) is 49.1 Å². The Morgan fingerprint density at radius 1 is 1.56 bits per heavy atom. The van der Waals surface area contributed by atoms with Crippen molar-refractivity contribution in [2.45, 2.75) is 25.0 Å². The maximum atomic E-state index is 12.2. The summed E-state index contributed by atoms with van der Waals surface area (Å²) in [5, 5.41) is -1.20. The predicted octanol–water partition coefficient (Wildman–Crippen LogP) is -0.124. The number of thiocarbonyl (C=S) groups is 1. The van der Waals surface area contributed by atoms with Crippen molar-refractivity contribution in [3.05, 3.63) is 0 Å². The van der Waals surface area contributed by atoms with E-state index in [0.717, 1.165) is 6.42 Å². The molecule has 0 radical (unpaired) electrons. The van der Waals surface area contributed by atoms with E-state index in [4.69, 9.17) is 18.0 Å². The minimum absolute atomic E-state index is 0.117. The van der Waals surface area contributed by atoms with Crippen LogP contribution in [0.5, 0.6) is 0 Å². The summed E-state index contributed by atoms with van der Waals surface area (Å²) in [6.07, 6.45) is 1.48. The Morgan fingerprint density at radius 3 is 2.67 bits per heavy atom. The first-order valence-electron chi connectivity index (χ1n) is 5.66. The highest BCUT2D eigenvalue weighted by Gasteiger charge is 2.37. The number of nitrogens with two attached hydrogens (primary N) is 1. The van der Waals surface area contributed by atoms with Crippen LogP contribution in [0.2, 0.25) is 0 Å². The van der Waals surface area contributed by atoms with E-state index in [9.17, 15) is 13.2 Å². The molecule has 104 valence electrons. The molecule has 0 saturated carbocycles. The number of carbonyl (C=O) groups excluding carboxylic acids is 1. The molecule has 18 heavy (non-hydrogen) atoms. The molecule has 2 unspecified atom stereocenters. The van der Waals surface area contributed by atoms with Crippen molar-refractivity contribution in [2.75, 3.05) is 20.2 Å². The zero-order chi connectivity index (χ0) is 13.9. The van der Waals surface area contributed by atoms with Gasteiger partial charge in [-0.1, -0.05) is 12.2 Å². The summed E-state index contributed by atoms with van der Waals surface area (Å²) in [5.74, 6) is -0.874. The lowest BCUT2D eigenvalue weighted by Crippen LogP contribution is -2.48. The van der Waals surface area contributed by atoms with Gasteiger partial charge in [0.1, 0.15) is 0 Å². The summed E-state index contributed by atoms with van der Waals surface area (Å²) >= 11 is 4.90. The molecule has 1 fully saturated rings. The number of piperidine rings is 1. The van der Waals surface area contributed by atoms with Gasteiger partial charge in [0.2, 0.25) is 10.0 Å². The molecule has 8 heteroatoms. The molecule has 0 aromatic rings. The second-order valence-electron chi connectivity index (χ2n) is 4.31. The van der Waals surface area contributed by atoms with Crippen molar-refractivity contribution >= 4 is 33.2 Å². The highest BCUT2D eigenvalue weighted by Crippen LogP contribution is 2.22. The number of esters is 1. The Bertz CT molecular complexity index is 435. The lowest BCUT2D eigenvalue weighted by atomic mass is 10.0. The number of sulfonamides is 1. The molecule has 1 rings (SSSR count). The van der Waals surface area contributed by atoms with Gasteiger partial charge >= 0.3 is 5.97 Å². The number of ether oxygens (including phenoxy) is 1. The Labute approximate surface area is 113 Å². The van der Waals surface area contributed by atoms with Gasteiger partial charge in [-0.25, -0.2) is 12.7 Å². The van der Waals surface area contributed by atoms with Gasteiger partial charge in [-0.2, -0.15) is 0 Å². The van der Waals surface area contributed by atoms with Crippen LogP contribution in [0.1, 0.15) is 19.8 Å². The fraction of sp³-hybridized carbons (Fsp3) is 0.800. The summed E-state index contributed by atoms with van der Waals surface area (Å²) < 4.78 is 30.1. The second kappa shape index (κ2) is 5.94. The van der Waals surface area contributed by atoms with E-state index in [1.807, 2.05) is 0 Å². The number of methoxy groups -OCH3 is 1. The van der Waals surface area contributed by atoms with E-state index in [-0.39, 0.29) is 12.5 Å². The van der Waals surface area contributed by atoms with E-state index in [1.54, 1.807) is 0 Å². The van der Waals surface area contributed by atoms with Crippen molar-refractivity contribution < 1.29 is 17.9 Å². The number of hydrogen-bond donors (Lipinski definition) is 1. The molecule has 1 saturated heterocycles. The molecule has 0 aliphatic carbocycles. The van der Waals surface area contributed by atoms with E-state index >= 15 is 0 Å². The summed E-state index contributed by atoms with van der Waals surface area (Å²) in [5.41, 5.74) is 5.55. The molecule has 1 aliphatic rings. The van der Waals surface area contributed by atoms with Crippen molar-refractivity contribution in [1.29, 1.82) is 0 Å². The summed E-state index contributed by atoms with van der Waals surface area (Å²) in [4.78, 5) is 11.7. The van der Waals surface area contributed by atoms with E-state index in [0.29, 0.717) is 18.0 Å². The van der Waals surface area contributed by atoms with Gasteiger partial charge in [-0.05, 0) is 19.8 Å². The molecule has 0 bridgehead atoms. The SMILES string of the molecule is COC(=O)C(C)S(=O)(=O)N1CCCC(C(N)=S)C1. The van der Waals surface area contributed by atoms with E-state index < -0.39 is 21.2 Å². The quantitative estimate of drug-likeness (QED) is 0.574. The average Bonchev–Trinajstić information content (AvgIpc) is 2.36. The summed E-state index contributed by atoms with van der Waals surface area (Å²) in [6, 6.07) is 0. The van der Waals surface area contributed by atoms with Gasteiger partial charge < -0.3 is 10.5 Å². The zero-order valence-electron chi connectivity index (χ0n) is 10.5. The first-order chi connectivity index (χ1) is 8.30. The van der Waals surface area contributed by atoms with Crippen molar-refractivity contribution in [3.63, 3.8) is 0 Å². The van der Waals surface area contributed by atoms with Crippen LogP contribution in [0.15, 0.2) is 0 Å². The normalized spacial score (nSPS) is 23.3. The maximum Gasteiger partial charge on any atom is 0.325 e. The number of hydrogen-bond acceptors (Lipinski definition) is 5. The van der Waals surface area contributed by atoms with Crippen LogP contribution in [-0.2, 0) is 19.6 Å². The number of nitrogens with zero attached hydrogens (tertiary/aromatic N) is 1. The fourth-order valence-electron chi connectivity index (χ4n) is 1.92. The highest BCUT2D eigenvalue weighted by atomic mass is 32.2. The predicted molar refractivity (Wildman–Crippen MR) is 71.5 cm³/mol. The smallest absolute Gasteiger partial charge is 0.325 e. The minimum Gasteiger partial charge on any atom is -0.468 e. The van der Waals surface area contributed by atoms with Crippen molar-refractivity contribution in [2.24, 2.45) is 11.7 Å². The molecule has 0 aromatic carbocycles. The molecular weight excluding hydrogens is 276 g/mol. The van der Waals surface area contributed by atoms with Gasteiger partial charge in [0, 0.05) is 19.0 Å². The van der Waals surface area contributed by atoms with Crippen LogP contribution in [0.25, 0.3) is 0 Å². The van der Waals surface area contributed by atoms with Gasteiger partial charge in [-0.15, -0.1) is 0 Å².